The molecule has 1 aliphatic rings. The highest BCUT2D eigenvalue weighted by Crippen LogP contribution is 2.30. The van der Waals surface area contributed by atoms with Crippen LogP contribution in [0.4, 0.5) is 0 Å². The average Bonchev–Trinajstić information content (AvgIpc) is 2.41. The van der Waals surface area contributed by atoms with Gasteiger partial charge in [0.05, 0.1) is 6.61 Å². The molecule has 0 saturated heterocycles. The van der Waals surface area contributed by atoms with E-state index >= 15 is 0 Å². The van der Waals surface area contributed by atoms with Crippen molar-refractivity contribution < 1.29 is 9.53 Å². The molecule has 0 heterocycles. The van der Waals surface area contributed by atoms with Gasteiger partial charge in [-0.1, -0.05) is 26.7 Å². The largest absolute Gasteiger partial charge is 0.380 e. The van der Waals surface area contributed by atoms with Gasteiger partial charge in [-0.3, -0.25) is 4.79 Å². The Hall–Kier alpha value is -0.410. The lowest BCUT2D eigenvalue weighted by molar-refractivity contribution is -0.126. The summed E-state index contributed by atoms with van der Waals surface area (Å²) in [5.74, 6) is 1.53. The number of carbonyl (C=O) groups is 1. The number of nitrogens with zero attached hydrogens (tertiary/aromatic N) is 1. The van der Waals surface area contributed by atoms with E-state index in [1.54, 1.807) is 0 Å². The third-order valence-corrected chi connectivity index (χ3v) is 4.25. The van der Waals surface area contributed by atoms with Gasteiger partial charge in [0.2, 0.25) is 0 Å². The fourth-order valence-electron chi connectivity index (χ4n) is 3.08. The van der Waals surface area contributed by atoms with Crippen molar-refractivity contribution in [2.45, 2.75) is 52.9 Å². The van der Waals surface area contributed by atoms with Gasteiger partial charge in [0.1, 0.15) is 5.78 Å². The number of hydrogen-bond acceptors (Lipinski definition) is 3. The Morgan fingerprint density at radius 3 is 2.74 bits per heavy atom. The lowest BCUT2D eigenvalue weighted by Gasteiger charge is -2.32. The van der Waals surface area contributed by atoms with E-state index in [1.165, 1.54) is 12.8 Å². The summed E-state index contributed by atoms with van der Waals surface area (Å²) in [5, 5.41) is 0. The lowest BCUT2D eigenvalue weighted by Crippen LogP contribution is -2.38. The number of ketones is 1. The van der Waals surface area contributed by atoms with Gasteiger partial charge in [0, 0.05) is 32.0 Å². The van der Waals surface area contributed by atoms with Gasteiger partial charge < -0.3 is 9.64 Å². The first-order valence-electron chi connectivity index (χ1n) is 8.03. The summed E-state index contributed by atoms with van der Waals surface area (Å²) in [6, 6.07) is 0. The van der Waals surface area contributed by atoms with Crippen LogP contribution >= 0.6 is 0 Å². The molecule has 0 aromatic heterocycles. The number of rotatable bonds is 9. The molecule has 0 N–H and O–H groups in total. The van der Waals surface area contributed by atoms with Gasteiger partial charge in [-0.2, -0.15) is 0 Å². The van der Waals surface area contributed by atoms with Crippen LogP contribution in [0.5, 0.6) is 0 Å². The molecule has 0 aromatic carbocycles. The molecule has 2 atom stereocenters. The van der Waals surface area contributed by atoms with E-state index < -0.39 is 0 Å². The van der Waals surface area contributed by atoms with Crippen LogP contribution in [0.2, 0.25) is 0 Å². The molecule has 1 fully saturated rings. The highest BCUT2D eigenvalue weighted by atomic mass is 16.5. The van der Waals surface area contributed by atoms with Crippen molar-refractivity contribution in [3.63, 3.8) is 0 Å². The summed E-state index contributed by atoms with van der Waals surface area (Å²) in [5.41, 5.74) is 0. The van der Waals surface area contributed by atoms with E-state index in [1.807, 2.05) is 6.92 Å². The molecule has 3 nitrogen and oxygen atoms in total. The fraction of sp³-hybridized carbons (Fsp3) is 0.938. The van der Waals surface area contributed by atoms with Crippen LogP contribution in [0, 0.1) is 11.8 Å². The number of likely N-dealkylation sites (N-methyl/N-ethyl adjacent to an activating group) is 1. The minimum atomic E-state index is 0.270. The zero-order chi connectivity index (χ0) is 14.1. The molecule has 1 aliphatic carbocycles. The highest BCUT2D eigenvalue weighted by Gasteiger charge is 2.29. The molecule has 2 unspecified atom stereocenters. The molecule has 0 bridgehead atoms. The van der Waals surface area contributed by atoms with Crippen molar-refractivity contribution in [1.82, 2.24) is 4.90 Å². The third kappa shape index (κ3) is 6.05. The van der Waals surface area contributed by atoms with E-state index in [2.05, 4.69) is 18.7 Å². The number of Topliss-reactive ketones (excluding diaryl/α,β-unsaturated/α-hetero) is 1. The summed E-state index contributed by atoms with van der Waals surface area (Å²) in [6.07, 6.45) is 5.56. The van der Waals surface area contributed by atoms with Crippen molar-refractivity contribution in [3.8, 4) is 0 Å². The molecule has 1 saturated carbocycles. The van der Waals surface area contributed by atoms with Gasteiger partial charge in [-0.15, -0.1) is 0 Å². The smallest absolute Gasteiger partial charge is 0.137 e. The zero-order valence-corrected chi connectivity index (χ0v) is 13.0. The second kappa shape index (κ2) is 9.49. The Morgan fingerprint density at radius 2 is 2.11 bits per heavy atom. The Morgan fingerprint density at radius 1 is 1.32 bits per heavy atom. The summed E-state index contributed by atoms with van der Waals surface area (Å²) in [6.45, 7) is 10.9. The van der Waals surface area contributed by atoms with Crippen molar-refractivity contribution >= 4 is 5.78 Å². The number of hydrogen-bond donors (Lipinski definition) is 0. The number of ether oxygens (including phenoxy) is 1. The average molecular weight is 269 g/mol. The first-order valence-corrected chi connectivity index (χ1v) is 8.03. The first-order chi connectivity index (χ1) is 9.21. The Kier molecular flexibility index (Phi) is 8.31. The molecule has 0 radical (unpaired) electrons. The molecule has 1 rings (SSSR count). The van der Waals surface area contributed by atoms with E-state index in [9.17, 15) is 4.79 Å². The van der Waals surface area contributed by atoms with Crippen molar-refractivity contribution in [1.29, 1.82) is 0 Å². The van der Waals surface area contributed by atoms with E-state index in [0.717, 1.165) is 58.0 Å². The minimum Gasteiger partial charge on any atom is -0.380 e. The Labute approximate surface area is 118 Å². The van der Waals surface area contributed by atoms with Crippen LogP contribution in [-0.2, 0) is 9.53 Å². The lowest BCUT2D eigenvalue weighted by atomic mass is 9.78. The fourth-order valence-corrected chi connectivity index (χ4v) is 3.08. The minimum absolute atomic E-state index is 0.270. The summed E-state index contributed by atoms with van der Waals surface area (Å²) in [7, 11) is 0. The Balaban J connectivity index is 2.39. The topological polar surface area (TPSA) is 29.5 Å². The van der Waals surface area contributed by atoms with Crippen molar-refractivity contribution in [3.05, 3.63) is 0 Å². The standard InChI is InChI=1S/C16H31NO2/c1-4-7-14-8-9-16(18)15(12-14)13-17(5-2)10-11-19-6-3/h14-15H,4-13H2,1-3H3. The van der Waals surface area contributed by atoms with Gasteiger partial charge in [0.15, 0.2) is 0 Å². The van der Waals surface area contributed by atoms with Gasteiger partial charge in [-0.25, -0.2) is 0 Å². The first kappa shape index (κ1) is 16.6. The normalized spacial score (nSPS) is 24.1. The maximum absolute atomic E-state index is 12.1. The van der Waals surface area contributed by atoms with Crippen LogP contribution < -0.4 is 0 Å². The van der Waals surface area contributed by atoms with Gasteiger partial charge in [-0.05, 0) is 32.2 Å². The molecule has 0 aromatic rings. The molecule has 112 valence electrons. The predicted octanol–water partition coefficient (Wildman–Crippen LogP) is 3.13. The van der Waals surface area contributed by atoms with Crippen LogP contribution in [0.3, 0.4) is 0 Å². The maximum Gasteiger partial charge on any atom is 0.137 e. The SMILES string of the molecule is CCCC1CCC(=O)C(CN(CC)CCOCC)C1. The van der Waals surface area contributed by atoms with Crippen LogP contribution in [0.25, 0.3) is 0 Å². The molecule has 0 amide bonds. The van der Waals surface area contributed by atoms with E-state index in [0.29, 0.717) is 5.78 Å². The van der Waals surface area contributed by atoms with Gasteiger partial charge in [0.25, 0.3) is 0 Å². The second-order valence-corrected chi connectivity index (χ2v) is 5.68. The van der Waals surface area contributed by atoms with Crippen molar-refractivity contribution in [2.75, 3.05) is 32.8 Å². The molecular weight excluding hydrogens is 238 g/mol. The Bertz CT molecular complexity index is 255. The predicted molar refractivity (Wildman–Crippen MR) is 79.4 cm³/mol. The summed E-state index contributed by atoms with van der Waals surface area (Å²) >= 11 is 0. The molecular formula is C16H31NO2. The summed E-state index contributed by atoms with van der Waals surface area (Å²) in [4.78, 5) is 14.4. The quantitative estimate of drug-likeness (QED) is 0.602. The van der Waals surface area contributed by atoms with Gasteiger partial charge >= 0.3 is 0 Å². The third-order valence-electron chi connectivity index (χ3n) is 4.25. The molecule has 0 aliphatic heterocycles. The molecule has 0 spiro atoms. The molecule has 3 heteroatoms. The highest BCUT2D eigenvalue weighted by molar-refractivity contribution is 5.81. The number of carbonyl (C=O) groups excluding carboxylic acids is 1. The summed E-state index contributed by atoms with van der Waals surface area (Å²) < 4.78 is 5.41. The zero-order valence-electron chi connectivity index (χ0n) is 13.0. The van der Waals surface area contributed by atoms with E-state index in [4.69, 9.17) is 4.74 Å². The monoisotopic (exact) mass is 269 g/mol. The van der Waals surface area contributed by atoms with Crippen LogP contribution in [0.1, 0.15) is 52.9 Å². The second-order valence-electron chi connectivity index (χ2n) is 5.68. The molecule has 19 heavy (non-hydrogen) atoms. The van der Waals surface area contributed by atoms with Crippen LogP contribution in [-0.4, -0.2) is 43.5 Å². The van der Waals surface area contributed by atoms with Crippen molar-refractivity contribution in [2.24, 2.45) is 11.8 Å². The van der Waals surface area contributed by atoms with Crippen LogP contribution in [0.15, 0.2) is 0 Å². The maximum atomic E-state index is 12.1. The van der Waals surface area contributed by atoms with E-state index in [-0.39, 0.29) is 5.92 Å².